The number of ether oxygens (including phenoxy) is 2. The van der Waals surface area contributed by atoms with E-state index in [1.807, 2.05) is 12.1 Å². The third-order valence-corrected chi connectivity index (χ3v) is 6.16. The van der Waals surface area contributed by atoms with Gasteiger partial charge in [0, 0.05) is 0 Å². The predicted octanol–water partition coefficient (Wildman–Crippen LogP) is 6.56. The second kappa shape index (κ2) is 9.39. The highest BCUT2D eigenvalue weighted by Gasteiger charge is 2.41. The minimum Gasteiger partial charge on any atom is -0.497 e. The minimum absolute atomic E-state index is 0.0530. The lowest BCUT2D eigenvalue weighted by molar-refractivity contribution is 0.0125. The van der Waals surface area contributed by atoms with Gasteiger partial charge in [-0.15, -0.1) is 0 Å². The molecule has 0 aliphatic carbocycles. The Morgan fingerprint density at radius 2 is 1.22 bits per heavy atom. The van der Waals surface area contributed by atoms with E-state index in [0.29, 0.717) is 6.61 Å². The summed E-state index contributed by atoms with van der Waals surface area (Å²) in [5, 5.41) is 0. The lowest BCUT2D eigenvalue weighted by Gasteiger charge is -2.37. The SMILES string of the molecule is COc1ccc([C@H]2OC[C@@H](c3ccccc3)N2C(c2ccccc2)c2ccccc2)cc1. The largest absolute Gasteiger partial charge is 0.497 e. The maximum absolute atomic E-state index is 6.50. The van der Waals surface area contributed by atoms with Crippen molar-refractivity contribution in [1.82, 2.24) is 4.90 Å². The highest BCUT2D eigenvalue weighted by atomic mass is 16.5. The summed E-state index contributed by atoms with van der Waals surface area (Å²) >= 11 is 0. The van der Waals surface area contributed by atoms with Gasteiger partial charge >= 0.3 is 0 Å². The van der Waals surface area contributed by atoms with Crippen molar-refractivity contribution in [2.24, 2.45) is 0 Å². The number of hydrogen-bond acceptors (Lipinski definition) is 3. The summed E-state index contributed by atoms with van der Waals surface area (Å²) in [4.78, 5) is 2.52. The lowest BCUT2D eigenvalue weighted by atomic mass is 9.93. The fraction of sp³-hybridized carbons (Fsp3) is 0.172. The standard InChI is InChI=1S/C29H27NO2/c1-31-26-19-17-25(18-20-26)29-30(27(21-32-29)22-11-5-2-6-12-22)28(23-13-7-3-8-14-23)24-15-9-4-10-16-24/h2-20,27-29H,21H2,1H3/t27-,29+/m0/s1. The molecule has 0 radical (unpaired) electrons. The molecule has 0 N–H and O–H groups in total. The van der Waals surface area contributed by atoms with Crippen molar-refractivity contribution in [3.05, 3.63) is 138 Å². The summed E-state index contributed by atoms with van der Waals surface area (Å²) in [6, 6.07) is 40.5. The highest BCUT2D eigenvalue weighted by Crippen LogP contribution is 2.47. The van der Waals surface area contributed by atoms with Gasteiger partial charge < -0.3 is 9.47 Å². The smallest absolute Gasteiger partial charge is 0.138 e. The Kier molecular flexibility index (Phi) is 6.02. The summed E-state index contributed by atoms with van der Waals surface area (Å²) in [6.45, 7) is 0.636. The van der Waals surface area contributed by atoms with Crippen molar-refractivity contribution in [2.75, 3.05) is 13.7 Å². The van der Waals surface area contributed by atoms with Gasteiger partial charge in [-0.25, -0.2) is 0 Å². The Hall–Kier alpha value is -3.40. The van der Waals surface area contributed by atoms with Gasteiger partial charge in [0.1, 0.15) is 12.0 Å². The molecule has 160 valence electrons. The fourth-order valence-corrected chi connectivity index (χ4v) is 4.62. The van der Waals surface area contributed by atoms with Crippen molar-refractivity contribution in [1.29, 1.82) is 0 Å². The first-order chi connectivity index (χ1) is 15.8. The molecular formula is C29H27NO2. The van der Waals surface area contributed by atoms with Gasteiger partial charge in [-0.2, -0.15) is 0 Å². The highest BCUT2D eigenvalue weighted by molar-refractivity contribution is 5.36. The molecule has 4 aromatic carbocycles. The van der Waals surface area contributed by atoms with Crippen LogP contribution in [-0.4, -0.2) is 18.6 Å². The van der Waals surface area contributed by atoms with Gasteiger partial charge in [0.05, 0.1) is 25.8 Å². The van der Waals surface area contributed by atoms with E-state index in [9.17, 15) is 0 Å². The molecule has 0 aromatic heterocycles. The molecule has 1 aliphatic heterocycles. The molecule has 1 saturated heterocycles. The summed E-state index contributed by atoms with van der Waals surface area (Å²) in [5.74, 6) is 0.848. The van der Waals surface area contributed by atoms with E-state index in [1.165, 1.54) is 16.7 Å². The van der Waals surface area contributed by atoms with E-state index in [0.717, 1.165) is 11.3 Å². The molecule has 0 spiro atoms. The quantitative estimate of drug-likeness (QED) is 0.352. The van der Waals surface area contributed by atoms with Crippen LogP contribution in [-0.2, 0) is 4.74 Å². The minimum atomic E-state index is -0.170. The topological polar surface area (TPSA) is 21.7 Å². The van der Waals surface area contributed by atoms with Crippen molar-refractivity contribution in [3.63, 3.8) is 0 Å². The molecule has 0 unspecified atom stereocenters. The number of rotatable bonds is 6. The number of benzene rings is 4. The molecule has 1 aliphatic rings. The molecular weight excluding hydrogens is 394 g/mol. The van der Waals surface area contributed by atoms with Gasteiger partial charge in [0.25, 0.3) is 0 Å². The van der Waals surface area contributed by atoms with E-state index in [4.69, 9.17) is 9.47 Å². The van der Waals surface area contributed by atoms with E-state index in [-0.39, 0.29) is 18.3 Å². The fourth-order valence-electron chi connectivity index (χ4n) is 4.62. The van der Waals surface area contributed by atoms with Crippen LogP contribution in [0.4, 0.5) is 0 Å². The lowest BCUT2D eigenvalue weighted by Crippen LogP contribution is -2.32. The zero-order chi connectivity index (χ0) is 21.8. The third kappa shape index (κ3) is 4.05. The average Bonchev–Trinajstić information content (AvgIpc) is 3.31. The maximum atomic E-state index is 6.50. The van der Waals surface area contributed by atoms with Crippen LogP contribution in [0.2, 0.25) is 0 Å². The predicted molar refractivity (Wildman–Crippen MR) is 127 cm³/mol. The number of methoxy groups -OCH3 is 1. The summed E-state index contributed by atoms with van der Waals surface area (Å²) in [5.41, 5.74) is 4.90. The summed E-state index contributed by atoms with van der Waals surface area (Å²) < 4.78 is 11.9. The first kappa shape index (κ1) is 20.5. The molecule has 0 saturated carbocycles. The van der Waals surface area contributed by atoms with Gasteiger partial charge in [0.2, 0.25) is 0 Å². The molecule has 4 aromatic rings. The molecule has 0 amide bonds. The van der Waals surface area contributed by atoms with Crippen LogP contribution in [0.3, 0.4) is 0 Å². The van der Waals surface area contributed by atoms with Crippen LogP contribution in [0.25, 0.3) is 0 Å². The van der Waals surface area contributed by atoms with Crippen LogP contribution in [0.5, 0.6) is 5.75 Å². The van der Waals surface area contributed by atoms with Gasteiger partial charge in [-0.3, -0.25) is 4.90 Å². The Bertz CT molecular complexity index is 1070. The second-order valence-electron chi connectivity index (χ2n) is 8.06. The zero-order valence-electron chi connectivity index (χ0n) is 18.2. The van der Waals surface area contributed by atoms with Crippen molar-refractivity contribution >= 4 is 0 Å². The molecule has 2 atom stereocenters. The second-order valence-corrected chi connectivity index (χ2v) is 8.06. The molecule has 1 heterocycles. The van der Waals surface area contributed by atoms with Crippen LogP contribution < -0.4 is 4.74 Å². The van der Waals surface area contributed by atoms with Gasteiger partial charge in [0.15, 0.2) is 0 Å². The van der Waals surface area contributed by atoms with Crippen molar-refractivity contribution in [3.8, 4) is 5.75 Å². The average molecular weight is 422 g/mol. The van der Waals surface area contributed by atoms with E-state index >= 15 is 0 Å². The van der Waals surface area contributed by atoms with Crippen LogP contribution >= 0.6 is 0 Å². The maximum Gasteiger partial charge on any atom is 0.138 e. The molecule has 3 nitrogen and oxygen atoms in total. The van der Waals surface area contributed by atoms with Crippen LogP contribution in [0, 0.1) is 0 Å². The summed E-state index contributed by atoms with van der Waals surface area (Å²) in [7, 11) is 1.69. The molecule has 0 bridgehead atoms. The van der Waals surface area contributed by atoms with E-state index in [1.54, 1.807) is 7.11 Å². The summed E-state index contributed by atoms with van der Waals surface area (Å²) in [6.07, 6.45) is -0.170. The molecule has 5 rings (SSSR count). The molecule has 32 heavy (non-hydrogen) atoms. The Morgan fingerprint density at radius 1 is 0.688 bits per heavy atom. The van der Waals surface area contributed by atoms with Crippen LogP contribution in [0.1, 0.15) is 40.6 Å². The normalized spacial score (nSPS) is 18.7. The van der Waals surface area contributed by atoms with Crippen molar-refractivity contribution in [2.45, 2.75) is 18.3 Å². The third-order valence-electron chi connectivity index (χ3n) is 6.16. The number of hydrogen-bond donors (Lipinski definition) is 0. The Balaban J connectivity index is 1.65. The Morgan fingerprint density at radius 3 is 1.75 bits per heavy atom. The first-order valence-electron chi connectivity index (χ1n) is 11.0. The molecule has 1 fully saturated rings. The Labute approximate surface area is 189 Å². The van der Waals surface area contributed by atoms with Gasteiger partial charge in [-0.1, -0.05) is 103 Å². The van der Waals surface area contributed by atoms with Crippen molar-refractivity contribution < 1.29 is 9.47 Å². The van der Waals surface area contributed by atoms with Gasteiger partial charge in [-0.05, 0) is 34.4 Å². The zero-order valence-corrected chi connectivity index (χ0v) is 18.2. The van der Waals surface area contributed by atoms with Crippen LogP contribution in [0.15, 0.2) is 115 Å². The van der Waals surface area contributed by atoms with E-state index < -0.39 is 0 Å². The number of nitrogens with zero attached hydrogens (tertiary/aromatic N) is 1. The first-order valence-corrected chi connectivity index (χ1v) is 11.0. The monoisotopic (exact) mass is 421 g/mol. The molecule has 3 heteroatoms. The van der Waals surface area contributed by atoms with E-state index in [2.05, 4.69) is 108 Å².